The number of methoxy groups -OCH3 is 3. The van der Waals surface area contributed by atoms with E-state index in [-0.39, 0.29) is 17.0 Å². The molecule has 0 fully saturated rings. The van der Waals surface area contributed by atoms with Crippen molar-refractivity contribution in [1.82, 2.24) is 0 Å². The van der Waals surface area contributed by atoms with Crippen molar-refractivity contribution in [2.45, 2.75) is 32.0 Å². The number of fused-ring (bicyclic) bond motifs is 5. The van der Waals surface area contributed by atoms with Crippen LogP contribution >= 0.6 is 0 Å². The van der Waals surface area contributed by atoms with Gasteiger partial charge in [0.2, 0.25) is 6.79 Å². The Hall–Kier alpha value is -2.90. The molecular weight excluding hydrogens is 510 g/mol. The molecule has 3 aromatic carbocycles. The van der Waals surface area contributed by atoms with Crippen LogP contribution in [0.5, 0.6) is 28.7 Å². The summed E-state index contributed by atoms with van der Waals surface area (Å²) in [6.45, 7) is 3.17. The zero-order chi connectivity index (χ0) is 23.3. The van der Waals surface area contributed by atoms with Crippen LogP contribution in [-0.2, 0) is 25.9 Å². The number of halogens is 1. The van der Waals surface area contributed by atoms with Gasteiger partial charge in [0.1, 0.15) is 24.9 Å². The fourth-order valence-electron chi connectivity index (χ4n) is 6.07. The largest absolute Gasteiger partial charge is 1.00 e. The van der Waals surface area contributed by atoms with Crippen molar-refractivity contribution in [3.8, 4) is 28.7 Å². The van der Waals surface area contributed by atoms with Gasteiger partial charge in [-0.3, -0.25) is 0 Å². The van der Waals surface area contributed by atoms with Crippen LogP contribution in [0.3, 0.4) is 0 Å². The molecule has 184 valence electrons. The molecule has 6 nitrogen and oxygen atoms in total. The Labute approximate surface area is 216 Å². The van der Waals surface area contributed by atoms with Gasteiger partial charge in [0.25, 0.3) is 0 Å². The topological polar surface area (TPSA) is 46.2 Å². The fraction of sp³-hybridized carbons (Fsp3) is 0.357. The van der Waals surface area contributed by atoms with Crippen molar-refractivity contribution in [2.24, 2.45) is 0 Å². The van der Waals surface area contributed by atoms with Gasteiger partial charge in [-0.05, 0) is 53.6 Å². The second-order valence-corrected chi connectivity index (χ2v) is 9.42. The van der Waals surface area contributed by atoms with E-state index >= 15 is 0 Å². The third-order valence-corrected chi connectivity index (χ3v) is 7.77. The maximum Gasteiger partial charge on any atom is 0.231 e. The van der Waals surface area contributed by atoms with Gasteiger partial charge in [0, 0.05) is 24.0 Å². The highest BCUT2D eigenvalue weighted by Gasteiger charge is 2.47. The molecule has 0 saturated carbocycles. The Morgan fingerprint density at radius 1 is 0.886 bits per heavy atom. The number of hydrogen-bond acceptors (Lipinski definition) is 5. The average molecular weight is 540 g/mol. The van der Waals surface area contributed by atoms with E-state index in [1.165, 1.54) is 27.8 Å². The minimum absolute atomic E-state index is 0. The monoisotopic (exact) mass is 539 g/mol. The summed E-state index contributed by atoms with van der Waals surface area (Å²) in [5.41, 5.74) is 6.65. The van der Waals surface area contributed by atoms with Crippen LogP contribution in [0, 0.1) is 0 Å². The Morgan fingerprint density at radius 3 is 2.37 bits per heavy atom. The summed E-state index contributed by atoms with van der Waals surface area (Å²) in [5.74, 6) is 4.27. The summed E-state index contributed by atoms with van der Waals surface area (Å²) < 4.78 is 29.3. The SMILES string of the molecule is COc1ccc(C[N@@+]23CCc4cc5c(cc4[C@@H]2Cc2ccc(OC)c(OC)c2C3)OCO5)cc1.[Br-]. The molecule has 2 atom stereocenters. The summed E-state index contributed by atoms with van der Waals surface area (Å²) in [4.78, 5) is 0. The van der Waals surface area contributed by atoms with Gasteiger partial charge >= 0.3 is 0 Å². The van der Waals surface area contributed by atoms with Gasteiger partial charge in [0.15, 0.2) is 23.0 Å². The molecule has 0 bridgehead atoms. The lowest BCUT2D eigenvalue weighted by Crippen LogP contribution is -3.00. The van der Waals surface area contributed by atoms with E-state index in [4.69, 9.17) is 23.7 Å². The first-order valence-electron chi connectivity index (χ1n) is 11.8. The van der Waals surface area contributed by atoms with E-state index in [2.05, 4.69) is 42.5 Å². The number of ether oxygens (including phenoxy) is 5. The molecule has 0 amide bonds. The van der Waals surface area contributed by atoms with Gasteiger partial charge in [0.05, 0.1) is 33.4 Å². The molecule has 3 aromatic rings. The Kier molecular flexibility index (Phi) is 6.32. The molecule has 0 spiro atoms. The molecule has 3 aliphatic rings. The molecule has 6 rings (SSSR count). The van der Waals surface area contributed by atoms with Crippen molar-refractivity contribution >= 4 is 0 Å². The molecule has 0 aromatic heterocycles. The number of nitrogens with zero attached hydrogens (tertiary/aromatic N) is 1. The molecule has 0 saturated heterocycles. The molecule has 35 heavy (non-hydrogen) atoms. The molecule has 3 aliphatic heterocycles. The lowest BCUT2D eigenvalue weighted by molar-refractivity contribution is -0.985. The first kappa shape index (κ1) is 23.8. The van der Waals surface area contributed by atoms with E-state index in [0.29, 0.717) is 12.8 Å². The van der Waals surface area contributed by atoms with Crippen LogP contribution in [-0.4, -0.2) is 39.2 Å². The van der Waals surface area contributed by atoms with Crippen molar-refractivity contribution in [2.75, 3.05) is 34.7 Å². The van der Waals surface area contributed by atoms with Crippen LogP contribution < -0.4 is 40.7 Å². The predicted octanol–water partition coefficient (Wildman–Crippen LogP) is 1.82. The van der Waals surface area contributed by atoms with Crippen LogP contribution in [0.15, 0.2) is 48.5 Å². The number of quaternary nitrogens is 1. The molecular formula is C28H30BrNO5. The third-order valence-electron chi connectivity index (χ3n) is 7.77. The Balaban J connectivity index is 0.00000253. The highest BCUT2D eigenvalue weighted by Crippen LogP contribution is 2.51. The van der Waals surface area contributed by atoms with Crippen LogP contribution in [0.4, 0.5) is 0 Å². The van der Waals surface area contributed by atoms with Crippen LogP contribution in [0.25, 0.3) is 0 Å². The maximum atomic E-state index is 5.88. The molecule has 3 heterocycles. The average Bonchev–Trinajstić information content (AvgIpc) is 3.33. The lowest BCUT2D eigenvalue weighted by Gasteiger charge is -2.51. The van der Waals surface area contributed by atoms with E-state index in [9.17, 15) is 0 Å². The van der Waals surface area contributed by atoms with Gasteiger partial charge in [-0.1, -0.05) is 6.07 Å². The van der Waals surface area contributed by atoms with Gasteiger partial charge in [-0.25, -0.2) is 0 Å². The lowest BCUT2D eigenvalue weighted by atomic mass is 9.80. The van der Waals surface area contributed by atoms with Crippen LogP contribution in [0.1, 0.15) is 33.9 Å². The zero-order valence-electron chi connectivity index (χ0n) is 20.3. The first-order chi connectivity index (χ1) is 16.6. The summed E-state index contributed by atoms with van der Waals surface area (Å²) in [7, 11) is 5.15. The predicted molar refractivity (Wildman–Crippen MR) is 128 cm³/mol. The highest BCUT2D eigenvalue weighted by atomic mass is 79.9. The van der Waals surface area contributed by atoms with Crippen molar-refractivity contribution < 1.29 is 45.1 Å². The standard InChI is InChI=1S/C28H30NO5.BrH/c1-30-21-7-4-18(5-8-21)15-29-11-10-20-13-26-27(34-17-33-26)14-22(20)24(29)12-19-6-9-25(31-2)28(32-3)23(19)16-29;/h4-9,13-14,24H,10-12,15-17H2,1-3H3;1H/q+1;/p-1/t24-,29+;/m0./s1. The van der Waals surface area contributed by atoms with Crippen LogP contribution in [0.2, 0.25) is 0 Å². The smallest absolute Gasteiger partial charge is 0.231 e. The van der Waals surface area contributed by atoms with E-state index in [0.717, 1.165) is 65.7 Å². The second-order valence-electron chi connectivity index (χ2n) is 9.42. The van der Waals surface area contributed by atoms with E-state index in [1.54, 1.807) is 21.3 Å². The molecule has 7 heteroatoms. The van der Waals surface area contributed by atoms with Gasteiger partial charge in [-0.2, -0.15) is 0 Å². The second kappa shape index (κ2) is 9.28. The summed E-state index contributed by atoms with van der Waals surface area (Å²) in [5, 5.41) is 0. The number of rotatable bonds is 5. The normalized spacial score (nSPS) is 21.2. The quantitative estimate of drug-likeness (QED) is 0.463. The number of hydrogen-bond donors (Lipinski definition) is 0. The van der Waals surface area contributed by atoms with Crippen molar-refractivity contribution in [3.63, 3.8) is 0 Å². The first-order valence-corrected chi connectivity index (χ1v) is 11.8. The van der Waals surface area contributed by atoms with E-state index < -0.39 is 0 Å². The third kappa shape index (κ3) is 3.91. The minimum atomic E-state index is 0. The van der Waals surface area contributed by atoms with E-state index in [1.807, 2.05) is 6.07 Å². The fourth-order valence-corrected chi connectivity index (χ4v) is 6.07. The summed E-state index contributed by atoms with van der Waals surface area (Å²) in [6.07, 6.45) is 1.94. The summed E-state index contributed by atoms with van der Waals surface area (Å²) in [6, 6.07) is 17.5. The van der Waals surface area contributed by atoms with Gasteiger partial charge in [-0.15, -0.1) is 0 Å². The highest BCUT2D eigenvalue weighted by molar-refractivity contribution is 5.54. The maximum absolute atomic E-state index is 5.88. The van der Waals surface area contributed by atoms with Crippen molar-refractivity contribution in [1.29, 1.82) is 0 Å². The minimum Gasteiger partial charge on any atom is -1.00 e. The Morgan fingerprint density at radius 2 is 1.66 bits per heavy atom. The summed E-state index contributed by atoms with van der Waals surface area (Å²) >= 11 is 0. The molecule has 0 aliphatic carbocycles. The zero-order valence-corrected chi connectivity index (χ0v) is 21.9. The number of benzene rings is 3. The Bertz CT molecular complexity index is 1250. The molecule has 0 unspecified atom stereocenters. The van der Waals surface area contributed by atoms with Crippen molar-refractivity contribution in [3.05, 3.63) is 76.3 Å². The molecule has 0 N–H and O–H groups in total. The molecule has 0 radical (unpaired) electrons. The van der Waals surface area contributed by atoms with Gasteiger partial charge < -0.3 is 45.1 Å².